The van der Waals surface area contributed by atoms with Crippen LogP contribution in [-0.4, -0.2) is 35.1 Å². The minimum absolute atomic E-state index is 0.0250. The number of aliphatic hydroxyl groups is 1. The van der Waals surface area contributed by atoms with Gasteiger partial charge in [0.2, 0.25) is 0 Å². The highest BCUT2D eigenvalue weighted by atomic mass is 19.1. The Morgan fingerprint density at radius 3 is 2.51 bits per heavy atom. The molecule has 2 aromatic carbocycles. The van der Waals surface area contributed by atoms with Crippen molar-refractivity contribution in [2.24, 2.45) is 0 Å². The van der Waals surface area contributed by atoms with Gasteiger partial charge in [-0.2, -0.15) is 0 Å². The van der Waals surface area contributed by atoms with Crippen molar-refractivity contribution in [3.63, 3.8) is 0 Å². The molecule has 0 aliphatic rings. The lowest BCUT2D eigenvalue weighted by Gasteiger charge is -2.22. The van der Waals surface area contributed by atoms with Gasteiger partial charge in [0.05, 0.1) is 13.2 Å². The SMILES string of the molecule is COc1cc(C(C)C)c(/C=C/C(O)CC(=O)CC(=O)[O-])c(-c2ccc(F)cc2)c1OCc1cccnc1. The summed E-state index contributed by atoms with van der Waals surface area (Å²) < 4.78 is 25.7. The zero-order chi connectivity index (χ0) is 26.9. The van der Waals surface area contributed by atoms with Gasteiger partial charge in [-0.3, -0.25) is 9.78 Å². The molecular formula is C29H29FNO6-. The summed E-state index contributed by atoms with van der Waals surface area (Å²) in [6.07, 6.45) is 4.10. The third kappa shape index (κ3) is 7.47. The second-order valence-corrected chi connectivity index (χ2v) is 8.82. The molecule has 0 saturated carbocycles. The average molecular weight is 507 g/mol. The van der Waals surface area contributed by atoms with E-state index in [4.69, 9.17) is 9.47 Å². The first-order valence-corrected chi connectivity index (χ1v) is 11.8. The Hall–Kier alpha value is -4.04. The normalized spacial score (nSPS) is 12.1. The van der Waals surface area contributed by atoms with Crippen molar-refractivity contribution in [1.29, 1.82) is 0 Å². The van der Waals surface area contributed by atoms with E-state index in [1.165, 1.54) is 25.3 Å². The number of carbonyl (C=O) groups excluding carboxylic acids is 2. The zero-order valence-corrected chi connectivity index (χ0v) is 20.9. The van der Waals surface area contributed by atoms with E-state index in [1.54, 1.807) is 36.7 Å². The van der Waals surface area contributed by atoms with Gasteiger partial charge in [0, 0.05) is 42.3 Å². The molecule has 1 heterocycles. The first-order valence-electron chi connectivity index (χ1n) is 11.8. The van der Waals surface area contributed by atoms with E-state index in [0.717, 1.165) is 11.1 Å². The van der Waals surface area contributed by atoms with E-state index in [1.807, 2.05) is 26.0 Å². The number of ether oxygens (including phenoxy) is 2. The standard InChI is InChI=1S/C29H30FNO6/c1-18(2)25-15-26(36-3)29(37-17-19-5-4-12-31-16-19)28(20-6-8-21(30)9-7-20)24(25)11-10-22(32)13-23(33)14-27(34)35/h4-12,15-16,18,22,32H,13-14,17H2,1-3H3,(H,34,35)/p-1/b11-10+. The molecule has 0 fully saturated rings. The maximum atomic E-state index is 13.8. The van der Waals surface area contributed by atoms with E-state index in [2.05, 4.69) is 4.98 Å². The average Bonchev–Trinajstić information content (AvgIpc) is 2.86. The highest BCUT2D eigenvalue weighted by Gasteiger charge is 2.22. The highest BCUT2D eigenvalue weighted by molar-refractivity contribution is 5.94. The predicted molar refractivity (Wildman–Crippen MR) is 135 cm³/mol. The van der Waals surface area contributed by atoms with Crippen molar-refractivity contribution in [2.75, 3.05) is 7.11 Å². The van der Waals surface area contributed by atoms with Crippen LogP contribution in [0.2, 0.25) is 0 Å². The summed E-state index contributed by atoms with van der Waals surface area (Å²) in [5, 5.41) is 21.1. The largest absolute Gasteiger partial charge is 0.550 e. The minimum atomic E-state index is -1.49. The predicted octanol–water partition coefficient (Wildman–Crippen LogP) is 4.07. The summed E-state index contributed by atoms with van der Waals surface area (Å²) >= 11 is 0. The van der Waals surface area contributed by atoms with Crippen molar-refractivity contribution in [3.8, 4) is 22.6 Å². The van der Waals surface area contributed by atoms with Crippen molar-refractivity contribution in [3.05, 3.63) is 83.4 Å². The van der Waals surface area contributed by atoms with Crippen LogP contribution >= 0.6 is 0 Å². The molecule has 0 saturated heterocycles. The number of ketones is 1. The molecule has 3 aromatic rings. The van der Waals surface area contributed by atoms with Crippen molar-refractivity contribution < 1.29 is 33.7 Å². The molecule has 3 rings (SSSR count). The van der Waals surface area contributed by atoms with Crippen LogP contribution in [0.1, 0.15) is 49.3 Å². The molecule has 0 radical (unpaired) electrons. The number of aliphatic carboxylic acids is 1. The van der Waals surface area contributed by atoms with Crippen LogP contribution in [0.3, 0.4) is 0 Å². The molecule has 1 aromatic heterocycles. The number of halogens is 1. The fraction of sp³-hybridized carbons (Fsp3) is 0.276. The first-order chi connectivity index (χ1) is 17.7. The van der Waals surface area contributed by atoms with Gasteiger partial charge in [-0.05, 0) is 46.9 Å². The number of nitrogens with zero attached hydrogens (tertiary/aromatic N) is 1. The Bertz CT molecular complexity index is 1260. The quantitative estimate of drug-likeness (QED) is 0.369. The number of hydrogen-bond donors (Lipinski definition) is 1. The first kappa shape index (κ1) is 27.5. The Labute approximate surface area is 215 Å². The topological polar surface area (TPSA) is 109 Å². The van der Waals surface area contributed by atoms with Crippen molar-refractivity contribution in [1.82, 2.24) is 4.98 Å². The molecule has 194 valence electrons. The molecule has 0 bridgehead atoms. The number of carboxylic acids is 1. The van der Waals surface area contributed by atoms with Crippen molar-refractivity contribution >= 4 is 17.8 Å². The van der Waals surface area contributed by atoms with E-state index in [9.17, 15) is 24.2 Å². The second-order valence-electron chi connectivity index (χ2n) is 8.82. The van der Waals surface area contributed by atoms with Gasteiger partial charge in [0.1, 0.15) is 18.2 Å². The Morgan fingerprint density at radius 2 is 1.92 bits per heavy atom. The minimum Gasteiger partial charge on any atom is -0.550 e. The van der Waals surface area contributed by atoms with Crippen molar-refractivity contribution in [2.45, 2.75) is 45.3 Å². The number of rotatable bonds is 12. The maximum Gasteiger partial charge on any atom is 0.170 e. The number of carboxylic acid groups (broad SMARTS) is 1. The fourth-order valence-corrected chi connectivity index (χ4v) is 3.91. The second kappa shape index (κ2) is 12.8. The fourth-order valence-electron chi connectivity index (χ4n) is 3.91. The molecule has 0 spiro atoms. The monoisotopic (exact) mass is 506 g/mol. The molecule has 7 nitrogen and oxygen atoms in total. The summed E-state index contributed by atoms with van der Waals surface area (Å²) in [6, 6.07) is 11.5. The van der Waals surface area contributed by atoms with Crippen LogP contribution in [-0.2, 0) is 16.2 Å². The van der Waals surface area contributed by atoms with Gasteiger partial charge in [-0.25, -0.2) is 4.39 Å². The lowest BCUT2D eigenvalue weighted by molar-refractivity contribution is -0.304. The van der Waals surface area contributed by atoms with Gasteiger partial charge >= 0.3 is 0 Å². The molecule has 1 N–H and O–H groups in total. The van der Waals surface area contributed by atoms with Crippen LogP contribution in [0.25, 0.3) is 17.2 Å². The van der Waals surface area contributed by atoms with E-state index in [0.29, 0.717) is 28.2 Å². The van der Waals surface area contributed by atoms with Crippen LogP contribution in [0, 0.1) is 5.82 Å². The van der Waals surface area contributed by atoms with Gasteiger partial charge in [0.25, 0.3) is 0 Å². The number of aromatic nitrogens is 1. The van der Waals surface area contributed by atoms with E-state index < -0.39 is 30.1 Å². The lowest BCUT2D eigenvalue weighted by Crippen LogP contribution is -2.26. The van der Waals surface area contributed by atoms with E-state index >= 15 is 0 Å². The molecular weight excluding hydrogens is 477 g/mol. The highest BCUT2D eigenvalue weighted by Crippen LogP contribution is 2.45. The number of aliphatic hydroxyl groups excluding tert-OH is 1. The van der Waals surface area contributed by atoms with Gasteiger partial charge < -0.3 is 24.5 Å². The summed E-state index contributed by atoms with van der Waals surface area (Å²) in [7, 11) is 1.53. The molecule has 0 amide bonds. The molecule has 37 heavy (non-hydrogen) atoms. The van der Waals surface area contributed by atoms with Crippen LogP contribution < -0.4 is 14.6 Å². The number of pyridine rings is 1. The molecule has 8 heteroatoms. The number of hydrogen-bond acceptors (Lipinski definition) is 7. The van der Waals surface area contributed by atoms with Gasteiger partial charge in [-0.1, -0.05) is 44.2 Å². The number of Topliss-reactive ketones (excluding diaryl/α,β-unsaturated/α-hetero) is 1. The Morgan fingerprint density at radius 1 is 1.19 bits per heavy atom. The Kier molecular flexibility index (Phi) is 9.51. The smallest absolute Gasteiger partial charge is 0.170 e. The van der Waals surface area contributed by atoms with Crippen LogP contribution in [0.5, 0.6) is 11.5 Å². The molecule has 0 aliphatic carbocycles. The summed E-state index contributed by atoms with van der Waals surface area (Å²) in [4.78, 5) is 26.6. The maximum absolute atomic E-state index is 13.8. The lowest BCUT2D eigenvalue weighted by atomic mass is 9.88. The summed E-state index contributed by atoms with van der Waals surface area (Å²) in [5.74, 6) is -1.61. The van der Waals surface area contributed by atoms with E-state index in [-0.39, 0.29) is 18.9 Å². The van der Waals surface area contributed by atoms with Gasteiger partial charge in [0.15, 0.2) is 11.5 Å². The zero-order valence-electron chi connectivity index (χ0n) is 20.9. The Balaban J connectivity index is 2.14. The third-order valence-electron chi connectivity index (χ3n) is 5.66. The molecule has 1 unspecified atom stereocenters. The van der Waals surface area contributed by atoms with Gasteiger partial charge in [-0.15, -0.1) is 0 Å². The van der Waals surface area contributed by atoms with Crippen LogP contribution in [0.15, 0.2) is 60.9 Å². The molecule has 0 aliphatic heterocycles. The third-order valence-corrected chi connectivity index (χ3v) is 5.66. The number of methoxy groups -OCH3 is 1. The summed E-state index contributed by atoms with van der Waals surface area (Å²) in [5.41, 5.74) is 3.67. The van der Waals surface area contributed by atoms with Crippen LogP contribution in [0.4, 0.5) is 4.39 Å². The number of benzene rings is 2. The summed E-state index contributed by atoms with van der Waals surface area (Å²) in [6.45, 7) is 4.19. The number of carbonyl (C=O) groups is 2. The molecule has 1 atom stereocenters.